The summed E-state index contributed by atoms with van der Waals surface area (Å²) in [5, 5.41) is 11.1. The molecule has 24 heavy (non-hydrogen) atoms. The van der Waals surface area contributed by atoms with E-state index >= 15 is 0 Å². The van der Waals surface area contributed by atoms with E-state index in [9.17, 15) is 0 Å². The first-order valence-electron chi connectivity index (χ1n) is 8.87. The average Bonchev–Trinajstić information content (AvgIpc) is 3.09. The Morgan fingerprint density at radius 2 is 1.88 bits per heavy atom. The minimum atomic E-state index is 0.842. The van der Waals surface area contributed by atoms with E-state index in [0.717, 1.165) is 31.2 Å². The van der Waals surface area contributed by atoms with E-state index in [-0.39, 0.29) is 0 Å². The lowest BCUT2D eigenvalue weighted by atomic mass is 10.2. The number of aliphatic imine (C=N–C) groups is 1. The molecule has 1 aromatic heterocycles. The van der Waals surface area contributed by atoms with Crippen LogP contribution in [0.15, 0.2) is 47.7 Å². The van der Waals surface area contributed by atoms with Gasteiger partial charge in [-0.25, -0.2) is 4.68 Å². The second kappa shape index (κ2) is 10.5. The Balaban J connectivity index is 1.70. The number of guanidine groups is 1. The van der Waals surface area contributed by atoms with Gasteiger partial charge in [-0.2, -0.15) is 5.10 Å². The first-order valence-corrected chi connectivity index (χ1v) is 8.87. The van der Waals surface area contributed by atoms with Crippen LogP contribution in [0.3, 0.4) is 0 Å². The van der Waals surface area contributed by atoms with Crippen LogP contribution in [0.1, 0.15) is 38.2 Å². The summed E-state index contributed by atoms with van der Waals surface area (Å²) in [6.07, 6.45) is 9.97. The first kappa shape index (κ1) is 18.0. The van der Waals surface area contributed by atoms with E-state index < -0.39 is 0 Å². The van der Waals surface area contributed by atoms with Gasteiger partial charge in [0.2, 0.25) is 0 Å². The molecule has 130 valence electrons. The zero-order chi connectivity index (χ0) is 17.0. The van der Waals surface area contributed by atoms with Gasteiger partial charge in [0.15, 0.2) is 5.96 Å². The van der Waals surface area contributed by atoms with Crippen LogP contribution in [0.2, 0.25) is 0 Å². The fourth-order valence-electron chi connectivity index (χ4n) is 2.52. The van der Waals surface area contributed by atoms with Gasteiger partial charge in [-0.15, -0.1) is 0 Å². The van der Waals surface area contributed by atoms with Crippen molar-refractivity contribution in [3.8, 4) is 5.69 Å². The standard InChI is InChI=1S/C19H29N5/c1-3-4-5-9-13-21-19(20-2)22-14-12-17-15-23-24(16-17)18-10-7-6-8-11-18/h6-8,10-11,15-16H,3-5,9,12-14H2,1-2H3,(H2,20,21,22). The van der Waals surface area contributed by atoms with Gasteiger partial charge in [0.05, 0.1) is 11.9 Å². The van der Waals surface area contributed by atoms with Crippen molar-refractivity contribution in [1.29, 1.82) is 0 Å². The maximum absolute atomic E-state index is 4.43. The third-order valence-electron chi connectivity index (χ3n) is 3.91. The smallest absolute Gasteiger partial charge is 0.190 e. The lowest BCUT2D eigenvalue weighted by Gasteiger charge is -2.11. The Morgan fingerprint density at radius 3 is 2.62 bits per heavy atom. The van der Waals surface area contributed by atoms with Crippen molar-refractivity contribution in [3.05, 3.63) is 48.3 Å². The Morgan fingerprint density at radius 1 is 1.08 bits per heavy atom. The largest absolute Gasteiger partial charge is 0.356 e. The number of hydrogen-bond donors (Lipinski definition) is 2. The zero-order valence-corrected chi connectivity index (χ0v) is 14.8. The van der Waals surface area contributed by atoms with Gasteiger partial charge in [-0.1, -0.05) is 44.4 Å². The van der Waals surface area contributed by atoms with Crippen LogP contribution in [0, 0.1) is 0 Å². The van der Waals surface area contributed by atoms with Crippen LogP contribution in [0.5, 0.6) is 0 Å². The van der Waals surface area contributed by atoms with Crippen molar-refractivity contribution in [1.82, 2.24) is 20.4 Å². The maximum Gasteiger partial charge on any atom is 0.190 e. The van der Waals surface area contributed by atoms with Crippen molar-refractivity contribution in [2.45, 2.75) is 39.0 Å². The predicted molar refractivity (Wildman–Crippen MR) is 101 cm³/mol. The Kier molecular flexibility index (Phi) is 7.87. The average molecular weight is 327 g/mol. The first-order chi connectivity index (χ1) is 11.8. The number of aromatic nitrogens is 2. The summed E-state index contributed by atoms with van der Waals surface area (Å²) < 4.78 is 1.91. The molecule has 0 bridgehead atoms. The second-order valence-corrected chi connectivity index (χ2v) is 5.87. The minimum Gasteiger partial charge on any atom is -0.356 e. The van der Waals surface area contributed by atoms with Crippen molar-refractivity contribution >= 4 is 5.96 Å². The molecule has 0 saturated carbocycles. The van der Waals surface area contributed by atoms with Gasteiger partial charge in [0, 0.05) is 26.3 Å². The molecule has 2 aromatic rings. The molecule has 0 atom stereocenters. The fraction of sp³-hybridized carbons (Fsp3) is 0.474. The van der Waals surface area contributed by atoms with Crippen molar-refractivity contribution < 1.29 is 0 Å². The molecular formula is C19H29N5. The highest BCUT2D eigenvalue weighted by Crippen LogP contribution is 2.07. The van der Waals surface area contributed by atoms with E-state index in [1.54, 1.807) is 0 Å². The van der Waals surface area contributed by atoms with Gasteiger partial charge in [-0.3, -0.25) is 4.99 Å². The molecule has 1 aromatic carbocycles. The van der Waals surface area contributed by atoms with E-state index in [1.807, 2.05) is 36.1 Å². The Hall–Kier alpha value is -2.30. The van der Waals surface area contributed by atoms with Crippen LogP contribution in [0.4, 0.5) is 0 Å². The maximum atomic E-state index is 4.43. The van der Waals surface area contributed by atoms with Crippen molar-refractivity contribution in [3.63, 3.8) is 0 Å². The fourth-order valence-corrected chi connectivity index (χ4v) is 2.52. The SMILES string of the molecule is CCCCCCNC(=NC)NCCc1cnn(-c2ccccc2)c1. The summed E-state index contributed by atoms with van der Waals surface area (Å²) in [5.41, 5.74) is 2.30. The normalized spacial score (nSPS) is 11.5. The van der Waals surface area contributed by atoms with Crippen LogP contribution >= 0.6 is 0 Å². The molecule has 0 aliphatic carbocycles. The molecular weight excluding hydrogens is 298 g/mol. The summed E-state index contributed by atoms with van der Waals surface area (Å²) in [7, 11) is 1.81. The molecule has 0 radical (unpaired) electrons. The quantitative estimate of drug-likeness (QED) is 0.422. The number of para-hydroxylation sites is 1. The molecule has 0 unspecified atom stereocenters. The van der Waals surface area contributed by atoms with Crippen LogP contribution < -0.4 is 10.6 Å². The molecule has 1 heterocycles. The molecule has 0 aliphatic heterocycles. The minimum absolute atomic E-state index is 0.842. The Bertz CT molecular complexity index is 603. The van der Waals surface area contributed by atoms with Crippen LogP contribution in [0.25, 0.3) is 5.69 Å². The van der Waals surface area contributed by atoms with E-state index in [1.165, 1.54) is 31.2 Å². The summed E-state index contributed by atoms with van der Waals surface area (Å²) >= 11 is 0. The zero-order valence-electron chi connectivity index (χ0n) is 14.8. The number of hydrogen-bond acceptors (Lipinski definition) is 2. The highest BCUT2D eigenvalue weighted by Gasteiger charge is 2.02. The molecule has 0 amide bonds. The molecule has 0 saturated heterocycles. The van der Waals surface area contributed by atoms with Gasteiger partial charge in [-0.05, 0) is 30.5 Å². The van der Waals surface area contributed by atoms with Crippen molar-refractivity contribution in [2.75, 3.05) is 20.1 Å². The summed E-state index contributed by atoms with van der Waals surface area (Å²) in [6.45, 7) is 4.05. The van der Waals surface area contributed by atoms with E-state index in [0.29, 0.717) is 0 Å². The number of nitrogens with zero attached hydrogens (tertiary/aromatic N) is 3. The van der Waals surface area contributed by atoms with Crippen molar-refractivity contribution in [2.24, 2.45) is 4.99 Å². The molecule has 0 fully saturated rings. The summed E-state index contributed by atoms with van der Waals surface area (Å²) in [5.74, 6) is 0.877. The van der Waals surface area contributed by atoms with Crippen LogP contribution in [-0.2, 0) is 6.42 Å². The Labute approximate surface area is 145 Å². The van der Waals surface area contributed by atoms with E-state index in [4.69, 9.17) is 0 Å². The molecule has 5 nitrogen and oxygen atoms in total. The highest BCUT2D eigenvalue weighted by atomic mass is 15.3. The predicted octanol–water partition coefficient (Wildman–Crippen LogP) is 3.16. The lowest BCUT2D eigenvalue weighted by Crippen LogP contribution is -2.38. The molecule has 2 rings (SSSR count). The molecule has 5 heteroatoms. The van der Waals surface area contributed by atoms with Gasteiger partial charge in [0.1, 0.15) is 0 Å². The number of unbranched alkanes of at least 4 members (excludes halogenated alkanes) is 3. The highest BCUT2D eigenvalue weighted by molar-refractivity contribution is 5.79. The third kappa shape index (κ3) is 6.07. The summed E-state index contributed by atoms with van der Waals surface area (Å²) in [6, 6.07) is 10.2. The molecule has 2 N–H and O–H groups in total. The summed E-state index contributed by atoms with van der Waals surface area (Å²) in [4.78, 5) is 4.26. The molecule has 0 spiro atoms. The topological polar surface area (TPSA) is 54.2 Å². The second-order valence-electron chi connectivity index (χ2n) is 5.87. The van der Waals surface area contributed by atoms with Gasteiger partial charge >= 0.3 is 0 Å². The lowest BCUT2D eigenvalue weighted by molar-refractivity contribution is 0.647. The molecule has 0 aliphatic rings. The number of benzene rings is 1. The number of nitrogens with one attached hydrogen (secondary N) is 2. The van der Waals surface area contributed by atoms with Gasteiger partial charge < -0.3 is 10.6 Å². The van der Waals surface area contributed by atoms with Crippen LogP contribution in [-0.4, -0.2) is 35.9 Å². The van der Waals surface area contributed by atoms with Gasteiger partial charge in [0.25, 0.3) is 0 Å². The van der Waals surface area contributed by atoms with E-state index in [2.05, 4.69) is 46.0 Å². The number of rotatable bonds is 9. The third-order valence-corrected chi connectivity index (χ3v) is 3.91. The monoisotopic (exact) mass is 327 g/mol.